The van der Waals surface area contributed by atoms with Crippen LogP contribution in [-0.4, -0.2) is 30.1 Å². The van der Waals surface area contributed by atoms with E-state index in [1.54, 1.807) is 0 Å². The van der Waals surface area contributed by atoms with Crippen LogP contribution in [0.25, 0.3) is 0 Å². The molecule has 17 heavy (non-hydrogen) atoms. The van der Waals surface area contributed by atoms with Gasteiger partial charge in [-0.15, -0.1) is 0 Å². The average molecular weight is 335 g/mol. The lowest BCUT2D eigenvalue weighted by molar-refractivity contribution is -0.246. The maximum atomic E-state index is 12.6. The van der Waals surface area contributed by atoms with Crippen LogP contribution in [0, 0.1) is 0 Å². The van der Waals surface area contributed by atoms with Crippen molar-refractivity contribution >= 4 is 33.4 Å². The number of hydrogen-bond acceptors (Lipinski definition) is 2. The molecule has 0 aromatic carbocycles. The molecule has 0 fully saturated rings. The van der Waals surface area contributed by atoms with Crippen molar-refractivity contribution in [2.75, 3.05) is 0 Å². The Morgan fingerprint density at radius 1 is 0.824 bits per heavy atom. The molecule has 0 aliphatic rings. The minimum Gasteiger partial charge on any atom is -0.211 e. The fourth-order valence-corrected chi connectivity index (χ4v) is 1.25. The third kappa shape index (κ3) is 2.41. The Morgan fingerprint density at radius 2 is 1.12 bits per heavy atom. The first kappa shape index (κ1) is 17.0. The van der Waals surface area contributed by atoms with Crippen molar-refractivity contribution in [2.24, 2.45) is 0 Å². The van der Waals surface area contributed by atoms with Crippen molar-refractivity contribution < 1.29 is 43.0 Å². The monoisotopic (exact) mass is 334 g/mol. The molecular formula is C4Cl2F8O2S. The molecule has 0 heterocycles. The first-order chi connectivity index (χ1) is 7.00. The lowest BCUT2D eigenvalue weighted by atomic mass is 10.2. The fraction of sp³-hybridized carbons (Fsp3) is 1.00. The highest BCUT2D eigenvalue weighted by Gasteiger charge is 2.83. The van der Waals surface area contributed by atoms with Gasteiger partial charge in [0.15, 0.2) is 0 Å². The standard InChI is InChI=1S/C4Cl2F8O2S/c5-1(7,3(6,10)11)2(8,9)4(12,13)17(14,15)16. The zero-order valence-electron chi connectivity index (χ0n) is 7.00. The van der Waals surface area contributed by atoms with E-state index in [9.17, 15) is 43.0 Å². The van der Waals surface area contributed by atoms with Gasteiger partial charge in [-0.2, -0.15) is 34.8 Å². The number of rotatable bonds is 4. The quantitative estimate of drug-likeness (QED) is 0.449. The number of hydrogen-bond donors (Lipinski definition) is 0. The predicted octanol–water partition coefficient (Wildman–Crippen LogP) is 3.25. The first-order valence-electron chi connectivity index (χ1n) is 3.14. The lowest BCUT2D eigenvalue weighted by Crippen LogP contribution is -2.61. The van der Waals surface area contributed by atoms with Gasteiger partial charge in [0.1, 0.15) is 0 Å². The van der Waals surface area contributed by atoms with Crippen LogP contribution >= 0.6 is 23.2 Å². The molecule has 2 nitrogen and oxygen atoms in total. The fourth-order valence-electron chi connectivity index (χ4n) is 0.514. The van der Waals surface area contributed by atoms with Crippen LogP contribution in [0.1, 0.15) is 0 Å². The third-order valence-corrected chi connectivity index (χ3v) is 3.12. The Bertz CT molecular complexity index is 398. The smallest absolute Gasteiger partial charge is 0.211 e. The van der Waals surface area contributed by atoms with Gasteiger partial charge in [0, 0.05) is 0 Å². The molecule has 13 heteroatoms. The molecule has 0 amide bonds. The van der Waals surface area contributed by atoms with Gasteiger partial charge in [-0.25, -0.2) is 4.39 Å². The van der Waals surface area contributed by atoms with Crippen molar-refractivity contribution in [1.29, 1.82) is 0 Å². The van der Waals surface area contributed by atoms with E-state index in [1.165, 1.54) is 0 Å². The Morgan fingerprint density at radius 3 is 1.29 bits per heavy atom. The number of halogens is 10. The second-order valence-electron chi connectivity index (χ2n) is 2.60. The summed E-state index contributed by atoms with van der Waals surface area (Å²) >= 11 is 7.48. The molecule has 0 saturated heterocycles. The van der Waals surface area contributed by atoms with E-state index < -0.39 is 31.9 Å². The number of alkyl halides is 9. The topological polar surface area (TPSA) is 34.1 Å². The normalized spacial score (nSPS) is 18.9. The summed E-state index contributed by atoms with van der Waals surface area (Å²) in [6.07, 6.45) is 0. The maximum Gasteiger partial charge on any atom is 0.441 e. The second kappa shape index (κ2) is 3.98. The zero-order valence-corrected chi connectivity index (χ0v) is 9.33. The molecule has 0 aliphatic heterocycles. The van der Waals surface area contributed by atoms with Crippen LogP contribution in [0.15, 0.2) is 0 Å². The summed E-state index contributed by atoms with van der Waals surface area (Å²) in [7, 11) is -7.40. The van der Waals surface area contributed by atoms with Crippen molar-refractivity contribution in [2.45, 2.75) is 21.7 Å². The van der Waals surface area contributed by atoms with Crippen molar-refractivity contribution in [3.05, 3.63) is 0 Å². The van der Waals surface area contributed by atoms with Crippen LogP contribution in [0.4, 0.5) is 34.6 Å². The van der Waals surface area contributed by atoms with Gasteiger partial charge in [-0.1, -0.05) is 15.5 Å². The van der Waals surface area contributed by atoms with Gasteiger partial charge < -0.3 is 0 Å². The van der Waals surface area contributed by atoms with Crippen LogP contribution in [0.2, 0.25) is 0 Å². The second-order valence-corrected chi connectivity index (χ2v) is 4.99. The Labute approximate surface area is 98.7 Å². The molecule has 1 unspecified atom stereocenters. The summed E-state index contributed by atoms with van der Waals surface area (Å²) in [5.74, 6) is -6.82. The summed E-state index contributed by atoms with van der Waals surface area (Å²) in [4.78, 5) is 0. The molecule has 0 saturated carbocycles. The highest BCUT2D eigenvalue weighted by Crippen LogP contribution is 2.56. The SMILES string of the molecule is O=S(=O)(F)C(F)(F)C(F)(F)C(F)(Cl)C(F)(F)Cl. The largest absolute Gasteiger partial charge is 0.441 e. The van der Waals surface area contributed by atoms with E-state index >= 15 is 0 Å². The minimum atomic E-state index is -7.40. The molecule has 0 N–H and O–H groups in total. The van der Waals surface area contributed by atoms with E-state index in [0.717, 1.165) is 0 Å². The van der Waals surface area contributed by atoms with Gasteiger partial charge in [-0.3, -0.25) is 0 Å². The molecule has 0 spiro atoms. The first-order valence-corrected chi connectivity index (χ1v) is 5.28. The van der Waals surface area contributed by atoms with E-state index in [4.69, 9.17) is 0 Å². The van der Waals surface area contributed by atoms with Crippen LogP contribution in [-0.2, 0) is 10.2 Å². The van der Waals surface area contributed by atoms with Crippen LogP contribution in [0.5, 0.6) is 0 Å². The molecule has 0 bridgehead atoms. The van der Waals surface area contributed by atoms with Gasteiger partial charge >= 0.3 is 31.9 Å². The molecule has 104 valence electrons. The third-order valence-electron chi connectivity index (χ3n) is 1.42. The van der Waals surface area contributed by atoms with E-state index in [-0.39, 0.29) is 0 Å². The van der Waals surface area contributed by atoms with Crippen molar-refractivity contribution in [3.8, 4) is 0 Å². The minimum absolute atomic E-state index is 3.69. The molecule has 0 aromatic heterocycles. The summed E-state index contributed by atoms with van der Waals surface area (Å²) in [6.45, 7) is 0. The molecule has 1 atom stereocenters. The highest BCUT2D eigenvalue weighted by atomic mass is 35.5. The molecule has 0 aromatic rings. The van der Waals surface area contributed by atoms with E-state index in [1.807, 2.05) is 0 Å². The van der Waals surface area contributed by atoms with Crippen LogP contribution < -0.4 is 0 Å². The Hall–Kier alpha value is -0.0300. The summed E-state index contributed by atoms with van der Waals surface area (Å²) in [5.41, 5.74) is 0. The Kier molecular flexibility index (Phi) is 3.98. The van der Waals surface area contributed by atoms with Crippen LogP contribution in [0.3, 0.4) is 0 Å². The van der Waals surface area contributed by atoms with Gasteiger partial charge in [0.05, 0.1) is 0 Å². The summed E-state index contributed by atoms with van der Waals surface area (Å²) in [5, 5.41) is -18.6. The van der Waals surface area contributed by atoms with Gasteiger partial charge in [0.2, 0.25) is 0 Å². The van der Waals surface area contributed by atoms with Gasteiger partial charge in [0.25, 0.3) is 0 Å². The highest BCUT2D eigenvalue weighted by molar-refractivity contribution is 7.87. The summed E-state index contributed by atoms with van der Waals surface area (Å²) < 4.78 is 118. The molecular weight excluding hydrogens is 335 g/mol. The lowest BCUT2D eigenvalue weighted by Gasteiger charge is -2.33. The molecule has 0 rings (SSSR count). The van der Waals surface area contributed by atoms with E-state index in [2.05, 4.69) is 23.2 Å². The average Bonchev–Trinajstić information content (AvgIpc) is 1.98. The van der Waals surface area contributed by atoms with Crippen molar-refractivity contribution in [1.82, 2.24) is 0 Å². The van der Waals surface area contributed by atoms with Crippen molar-refractivity contribution in [3.63, 3.8) is 0 Å². The zero-order chi connectivity index (χ0) is 14.5. The maximum absolute atomic E-state index is 12.6. The van der Waals surface area contributed by atoms with Gasteiger partial charge in [-0.05, 0) is 11.6 Å². The Balaban J connectivity index is 5.91. The summed E-state index contributed by atoms with van der Waals surface area (Å²) in [6, 6.07) is 0. The molecule has 0 radical (unpaired) electrons. The van der Waals surface area contributed by atoms with E-state index in [0.29, 0.717) is 0 Å². The molecule has 0 aliphatic carbocycles. The predicted molar refractivity (Wildman–Crippen MR) is 40.4 cm³/mol.